The first-order valence-corrected chi connectivity index (χ1v) is 7.19. The molecule has 0 aliphatic carbocycles. The van der Waals surface area contributed by atoms with E-state index in [9.17, 15) is 0 Å². The number of hydrogen-bond donors (Lipinski definition) is 2. The van der Waals surface area contributed by atoms with E-state index in [0.29, 0.717) is 32.3 Å². The molecule has 5 nitrogen and oxygen atoms in total. The summed E-state index contributed by atoms with van der Waals surface area (Å²) in [6.07, 6.45) is 0. The van der Waals surface area contributed by atoms with Crippen LogP contribution in [0.3, 0.4) is 0 Å². The van der Waals surface area contributed by atoms with Crippen molar-refractivity contribution in [3.8, 4) is 5.75 Å². The molecule has 0 saturated heterocycles. The number of nitrogens with two attached hydrogens (primary N) is 1. The van der Waals surface area contributed by atoms with E-state index in [1.165, 1.54) is 5.56 Å². The van der Waals surface area contributed by atoms with E-state index < -0.39 is 0 Å². The number of methoxy groups -OCH3 is 1. The number of rotatable bonds is 7. The zero-order valence-electron chi connectivity index (χ0n) is 13.5. The van der Waals surface area contributed by atoms with E-state index in [-0.39, 0.29) is 5.41 Å². The Bertz CT molecular complexity index is 453. The highest BCUT2D eigenvalue weighted by Crippen LogP contribution is 2.25. The average Bonchev–Trinajstić information content (AvgIpc) is 2.43. The third-order valence-electron chi connectivity index (χ3n) is 2.95. The molecule has 0 amide bonds. The van der Waals surface area contributed by atoms with Crippen molar-refractivity contribution in [2.75, 3.05) is 33.4 Å². The minimum absolute atomic E-state index is 0.121. The van der Waals surface area contributed by atoms with Crippen LogP contribution in [-0.4, -0.2) is 39.4 Å². The molecule has 1 aromatic carbocycles. The summed E-state index contributed by atoms with van der Waals surface area (Å²) in [5, 5.41) is 3.00. The van der Waals surface area contributed by atoms with Crippen LogP contribution < -0.4 is 15.8 Å². The van der Waals surface area contributed by atoms with E-state index in [4.69, 9.17) is 15.2 Å². The first-order chi connectivity index (χ1) is 9.93. The summed E-state index contributed by atoms with van der Waals surface area (Å²) in [6.45, 7) is 8.83. The second kappa shape index (κ2) is 8.52. The minimum Gasteiger partial charge on any atom is -0.492 e. The minimum atomic E-state index is 0.121. The van der Waals surface area contributed by atoms with Gasteiger partial charge in [-0.1, -0.05) is 32.9 Å². The fourth-order valence-electron chi connectivity index (χ4n) is 1.71. The first-order valence-electron chi connectivity index (χ1n) is 7.19. The van der Waals surface area contributed by atoms with E-state index in [1.54, 1.807) is 7.11 Å². The van der Waals surface area contributed by atoms with Crippen molar-refractivity contribution in [2.45, 2.75) is 26.2 Å². The molecule has 0 radical (unpaired) electrons. The van der Waals surface area contributed by atoms with Crippen molar-refractivity contribution in [2.24, 2.45) is 10.7 Å². The van der Waals surface area contributed by atoms with Gasteiger partial charge in [-0.15, -0.1) is 0 Å². The second-order valence-corrected chi connectivity index (χ2v) is 5.81. The van der Waals surface area contributed by atoms with Crippen LogP contribution in [0.25, 0.3) is 0 Å². The Hall–Kier alpha value is -1.75. The van der Waals surface area contributed by atoms with Gasteiger partial charge in [-0.3, -0.25) is 4.99 Å². The van der Waals surface area contributed by atoms with E-state index in [2.05, 4.69) is 43.2 Å². The third-order valence-corrected chi connectivity index (χ3v) is 2.95. The lowest BCUT2D eigenvalue weighted by molar-refractivity contribution is 0.208. The molecule has 0 saturated carbocycles. The molecule has 5 heteroatoms. The average molecular weight is 293 g/mol. The maximum atomic E-state index is 5.72. The Labute approximate surface area is 127 Å². The Morgan fingerprint density at radius 3 is 2.71 bits per heavy atom. The number of nitrogens with zero attached hydrogens (tertiary/aromatic N) is 1. The molecular weight excluding hydrogens is 266 g/mol. The van der Waals surface area contributed by atoms with Crippen LogP contribution in [0.2, 0.25) is 0 Å². The number of guanidine groups is 1. The van der Waals surface area contributed by atoms with Gasteiger partial charge in [0.05, 0.1) is 19.7 Å². The topological polar surface area (TPSA) is 68.9 Å². The van der Waals surface area contributed by atoms with Gasteiger partial charge < -0.3 is 20.5 Å². The standard InChI is InChI=1S/C16H27N3O2/c1-16(2,3)13-6-5-7-14(12-13)21-11-9-19-15(17)18-8-10-20-4/h5-7,12H,8-11H2,1-4H3,(H3,17,18,19). The monoisotopic (exact) mass is 293 g/mol. The first kappa shape index (κ1) is 17.3. The molecule has 1 rings (SSSR count). The van der Waals surface area contributed by atoms with Crippen molar-refractivity contribution in [3.63, 3.8) is 0 Å². The lowest BCUT2D eigenvalue weighted by Crippen LogP contribution is -2.35. The molecule has 3 N–H and O–H groups in total. The number of ether oxygens (including phenoxy) is 2. The smallest absolute Gasteiger partial charge is 0.188 e. The van der Waals surface area contributed by atoms with Crippen molar-refractivity contribution < 1.29 is 9.47 Å². The fourth-order valence-corrected chi connectivity index (χ4v) is 1.71. The van der Waals surface area contributed by atoms with Crippen molar-refractivity contribution in [3.05, 3.63) is 29.8 Å². The largest absolute Gasteiger partial charge is 0.492 e. The summed E-state index contributed by atoms with van der Waals surface area (Å²) in [5.74, 6) is 1.29. The molecule has 0 bridgehead atoms. The molecule has 21 heavy (non-hydrogen) atoms. The molecule has 118 valence electrons. The van der Waals surface area contributed by atoms with Gasteiger partial charge in [0.25, 0.3) is 0 Å². The van der Waals surface area contributed by atoms with Gasteiger partial charge in [-0.25, -0.2) is 0 Å². The number of benzene rings is 1. The third kappa shape index (κ3) is 6.99. The maximum absolute atomic E-state index is 5.72. The van der Waals surface area contributed by atoms with Crippen molar-refractivity contribution in [1.82, 2.24) is 5.32 Å². The Morgan fingerprint density at radius 2 is 2.05 bits per heavy atom. The molecule has 0 spiro atoms. The summed E-state index contributed by atoms with van der Waals surface area (Å²) in [5.41, 5.74) is 7.08. The van der Waals surface area contributed by atoms with Crippen LogP contribution in [0.1, 0.15) is 26.3 Å². The van der Waals surface area contributed by atoms with Crippen LogP contribution in [-0.2, 0) is 10.2 Å². The number of aliphatic imine (C=N–C) groups is 1. The number of hydrogen-bond acceptors (Lipinski definition) is 3. The molecule has 1 aromatic rings. The summed E-state index contributed by atoms with van der Waals surface area (Å²) >= 11 is 0. The maximum Gasteiger partial charge on any atom is 0.188 e. The predicted molar refractivity (Wildman–Crippen MR) is 87.0 cm³/mol. The van der Waals surface area contributed by atoms with Gasteiger partial charge in [0.15, 0.2) is 5.96 Å². The number of nitrogens with one attached hydrogen (secondary N) is 1. The molecule has 0 heterocycles. The molecular formula is C16H27N3O2. The lowest BCUT2D eigenvalue weighted by atomic mass is 9.87. The van der Waals surface area contributed by atoms with Gasteiger partial charge >= 0.3 is 0 Å². The molecule has 0 fully saturated rings. The summed E-state index contributed by atoms with van der Waals surface area (Å²) in [7, 11) is 1.64. The van der Waals surface area contributed by atoms with E-state index in [1.807, 2.05) is 12.1 Å². The second-order valence-electron chi connectivity index (χ2n) is 5.81. The van der Waals surface area contributed by atoms with Crippen molar-refractivity contribution >= 4 is 5.96 Å². The Morgan fingerprint density at radius 1 is 1.29 bits per heavy atom. The summed E-state index contributed by atoms with van der Waals surface area (Å²) < 4.78 is 10.6. The lowest BCUT2D eigenvalue weighted by Gasteiger charge is -2.19. The van der Waals surface area contributed by atoms with Gasteiger partial charge in [0.1, 0.15) is 12.4 Å². The SMILES string of the molecule is COCCN=C(N)NCCOc1cccc(C(C)(C)C)c1. The zero-order chi connectivity index (χ0) is 15.7. The molecule has 0 aliphatic heterocycles. The summed E-state index contributed by atoms with van der Waals surface area (Å²) in [4.78, 5) is 4.11. The van der Waals surface area contributed by atoms with Crippen LogP contribution in [0.4, 0.5) is 0 Å². The van der Waals surface area contributed by atoms with E-state index >= 15 is 0 Å². The highest BCUT2D eigenvalue weighted by Gasteiger charge is 2.13. The van der Waals surface area contributed by atoms with Crippen LogP contribution in [0, 0.1) is 0 Å². The molecule has 0 atom stereocenters. The van der Waals surface area contributed by atoms with Gasteiger partial charge in [0.2, 0.25) is 0 Å². The fraction of sp³-hybridized carbons (Fsp3) is 0.562. The van der Waals surface area contributed by atoms with Crippen LogP contribution >= 0.6 is 0 Å². The Balaban J connectivity index is 2.35. The quantitative estimate of drug-likeness (QED) is 0.458. The van der Waals surface area contributed by atoms with Crippen molar-refractivity contribution in [1.29, 1.82) is 0 Å². The van der Waals surface area contributed by atoms with Gasteiger partial charge in [-0.2, -0.15) is 0 Å². The Kier molecular flexibility index (Phi) is 7.02. The summed E-state index contributed by atoms with van der Waals surface area (Å²) in [6, 6.07) is 8.18. The highest BCUT2D eigenvalue weighted by molar-refractivity contribution is 5.77. The van der Waals surface area contributed by atoms with E-state index in [0.717, 1.165) is 5.75 Å². The highest BCUT2D eigenvalue weighted by atomic mass is 16.5. The molecule has 0 aromatic heterocycles. The zero-order valence-corrected chi connectivity index (χ0v) is 13.5. The van der Waals surface area contributed by atoms with Gasteiger partial charge in [-0.05, 0) is 23.1 Å². The normalized spacial score (nSPS) is 12.3. The molecule has 0 aliphatic rings. The van der Waals surface area contributed by atoms with Crippen LogP contribution in [0.5, 0.6) is 5.75 Å². The predicted octanol–water partition coefficient (Wildman–Crippen LogP) is 1.91. The van der Waals surface area contributed by atoms with Gasteiger partial charge in [0, 0.05) is 7.11 Å². The van der Waals surface area contributed by atoms with Crippen LogP contribution in [0.15, 0.2) is 29.3 Å². The molecule has 0 unspecified atom stereocenters.